The fraction of sp³-hybridized carbons (Fsp3) is 0.0526. The largest absolute Gasteiger partial charge is 0.439 e. The summed E-state index contributed by atoms with van der Waals surface area (Å²) in [4.78, 5) is 7.25. The third kappa shape index (κ3) is 7.72. The molecule has 0 aliphatic rings. The van der Waals surface area contributed by atoms with Crippen LogP contribution in [0.1, 0.15) is 16.7 Å². The molecule has 8 nitrogen and oxygen atoms in total. The second-order valence-corrected chi connectivity index (χ2v) is 7.14. The maximum atomic E-state index is 12.1. The first-order valence-corrected chi connectivity index (χ1v) is 9.65. The van der Waals surface area contributed by atoms with Gasteiger partial charge in [0.2, 0.25) is 21.9 Å². The molecule has 146 valence electrons. The average Bonchev–Trinajstić information content (AvgIpc) is 2.69. The number of aromatic nitrogens is 2. The smallest absolute Gasteiger partial charge is 0.220 e. The quantitative estimate of drug-likeness (QED) is 0.650. The predicted octanol–water partition coefficient (Wildman–Crippen LogP) is 2.63. The Hall–Kier alpha value is -3.86. The first kappa shape index (κ1) is 21.4. The van der Waals surface area contributed by atoms with Gasteiger partial charge in [-0.3, -0.25) is 0 Å². The molecular weight excluding hydrogens is 397 g/mol. The fourth-order valence-electron chi connectivity index (χ4n) is 2.01. The summed E-state index contributed by atoms with van der Waals surface area (Å²) in [5, 5.41) is 21.9. The van der Waals surface area contributed by atoms with Crippen molar-refractivity contribution in [1.82, 2.24) is 9.97 Å². The van der Waals surface area contributed by atoms with E-state index in [1.54, 1.807) is 36.4 Å². The van der Waals surface area contributed by atoms with E-state index >= 15 is 0 Å². The zero-order valence-corrected chi connectivity index (χ0v) is 15.7. The molecule has 10 heteroatoms. The standard InChI is InChI=1S/C13H11N3O3S.C6H3FN2/c14-8-11-5-6-16-13(7-11)19-12-3-1-10(2-4-12)9-20(15,17)18;7-6-3-5(4-8)1-2-9-6/h1-7H,9H2,(H2,15,17,18);1-3H. The number of hydrogen-bond donors (Lipinski definition) is 1. The summed E-state index contributed by atoms with van der Waals surface area (Å²) in [6.07, 6.45) is 2.73. The molecule has 0 atom stereocenters. The van der Waals surface area contributed by atoms with E-state index in [4.69, 9.17) is 20.4 Å². The van der Waals surface area contributed by atoms with Crippen LogP contribution in [0.4, 0.5) is 4.39 Å². The molecular formula is C19H14FN5O3S. The second kappa shape index (κ2) is 9.90. The van der Waals surface area contributed by atoms with E-state index in [9.17, 15) is 12.8 Å². The molecule has 0 spiro atoms. The van der Waals surface area contributed by atoms with Crippen molar-refractivity contribution in [1.29, 1.82) is 10.5 Å². The molecule has 0 saturated heterocycles. The average molecular weight is 411 g/mol. The van der Waals surface area contributed by atoms with Crippen molar-refractivity contribution in [3.05, 3.63) is 83.6 Å². The van der Waals surface area contributed by atoms with Gasteiger partial charge in [0.1, 0.15) is 5.75 Å². The highest BCUT2D eigenvalue weighted by Gasteiger charge is 2.06. The number of rotatable bonds is 4. The van der Waals surface area contributed by atoms with E-state index < -0.39 is 16.0 Å². The summed E-state index contributed by atoms with van der Waals surface area (Å²) < 4.78 is 39.5. The zero-order chi connectivity index (χ0) is 21.3. The molecule has 2 heterocycles. The van der Waals surface area contributed by atoms with Crippen LogP contribution in [0.25, 0.3) is 0 Å². The second-order valence-electron chi connectivity index (χ2n) is 5.53. The molecule has 0 aliphatic carbocycles. The van der Waals surface area contributed by atoms with Crippen LogP contribution in [0.5, 0.6) is 11.6 Å². The number of primary sulfonamides is 1. The van der Waals surface area contributed by atoms with Crippen LogP contribution in [0.15, 0.2) is 60.9 Å². The van der Waals surface area contributed by atoms with Crippen LogP contribution in [0.2, 0.25) is 0 Å². The fourth-order valence-corrected chi connectivity index (χ4v) is 2.67. The number of nitrogens with zero attached hydrogens (tertiary/aromatic N) is 4. The Balaban J connectivity index is 0.000000278. The van der Waals surface area contributed by atoms with Gasteiger partial charge in [0, 0.05) is 24.5 Å². The Labute approximate surface area is 166 Å². The Bertz CT molecular complexity index is 1170. The Morgan fingerprint density at radius 1 is 0.966 bits per heavy atom. The maximum absolute atomic E-state index is 12.1. The van der Waals surface area contributed by atoms with Gasteiger partial charge >= 0.3 is 0 Å². The Kier molecular flexibility index (Phi) is 7.32. The number of benzene rings is 1. The number of sulfonamides is 1. The molecule has 3 aromatic rings. The summed E-state index contributed by atoms with van der Waals surface area (Å²) in [7, 11) is -3.55. The van der Waals surface area contributed by atoms with Gasteiger partial charge in [-0.25, -0.2) is 23.5 Å². The monoisotopic (exact) mass is 411 g/mol. The molecule has 0 fully saturated rings. The first-order chi connectivity index (χ1) is 13.8. The van der Waals surface area contributed by atoms with E-state index in [1.165, 1.54) is 24.5 Å². The lowest BCUT2D eigenvalue weighted by molar-refractivity contribution is 0.462. The normalized spacial score (nSPS) is 10.1. The first-order valence-electron chi connectivity index (χ1n) is 7.94. The SMILES string of the molecule is N#Cc1ccnc(F)c1.N#Cc1ccnc(Oc2ccc(CS(N)(=O)=O)cc2)c1. The van der Waals surface area contributed by atoms with Gasteiger partial charge in [0.25, 0.3) is 0 Å². The van der Waals surface area contributed by atoms with Crippen molar-refractivity contribution in [3.8, 4) is 23.8 Å². The van der Waals surface area contributed by atoms with Gasteiger partial charge < -0.3 is 4.74 Å². The van der Waals surface area contributed by atoms with Gasteiger partial charge in [-0.15, -0.1) is 0 Å². The summed E-state index contributed by atoms with van der Waals surface area (Å²) in [6, 6.07) is 15.8. The molecule has 0 unspecified atom stereocenters. The van der Waals surface area contributed by atoms with Crippen molar-refractivity contribution in [2.24, 2.45) is 5.14 Å². The predicted molar refractivity (Wildman–Crippen MR) is 101 cm³/mol. The van der Waals surface area contributed by atoms with Crippen LogP contribution < -0.4 is 9.88 Å². The maximum Gasteiger partial charge on any atom is 0.220 e. The lowest BCUT2D eigenvalue weighted by Gasteiger charge is -2.05. The minimum absolute atomic E-state index is 0.227. The third-order valence-electron chi connectivity index (χ3n) is 3.23. The summed E-state index contributed by atoms with van der Waals surface area (Å²) in [5.41, 5.74) is 1.31. The highest BCUT2D eigenvalue weighted by atomic mass is 32.2. The van der Waals surface area contributed by atoms with E-state index in [0.29, 0.717) is 28.3 Å². The summed E-state index contributed by atoms with van der Waals surface area (Å²) in [5.74, 6) is -0.0572. The van der Waals surface area contributed by atoms with E-state index in [-0.39, 0.29) is 5.75 Å². The van der Waals surface area contributed by atoms with Crippen LogP contribution in [0, 0.1) is 28.6 Å². The van der Waals surface area contributed by atoms with Crippen LogP contribution in [-0.4, -0.2) is 18.4 Å². The van der Waals surface area contributed by atoms with Crippen LogP contribution >= 0.6 is 0 Å². The molecule has 0 saturated carbocycles. The Morgan fingerprint density at radius 2 is 1.55 bits per heavy atom. The minimum Gasteiger partial charge on any atom is -0.439 e. The number of nitrogens with two attached hydrogens (primary N) is 1. The molecule has 0 aliphatic heterocycles. The van der Waals surface area contributed by atoms with Crippen LogP contribution in [0.3, 0.4) is 0 Å². The topological polar surface area (TPSA) is 143 Å². The number of pyridine rings is 2. The summed E-state index contributed by atoms with van der Waals surface area (Å²) >= 11 is 0. The third-order valence-corrected chi connectivity index (χ3v) is 3.97. The summed E-state index contributed by atoms with van der Waals surface area (Å²) in [6.45, 7) is 0. The van der Waals surface area contributed by atoms with Gasteiger partial charge in [-0.2, -0.15) is 14.9 Å². The van der Waals surface area contributed by atoms with E-state index in [0.717, 1.165) is 6.07 Å². The zero-order valence-electron chi connectivity index (χ0n) is 14.9. The van der Waals surface area contributed by atoms with Crippen molar-refractivity contribution >= 4 is 10.0 Å². The van der Waals surface area contributed by atoms with Crippen molar-refractivity contribution < 1.29 is 17.5 Å². The van der Waals surface area contributed by atoms with Gasteiger partial charge in [-0.05, 0) is 29.8 Å². The molecule has 29 heavy (non-hydrogen) atoms. The number of halogens is 1. The Morgan fingerprint density at radius 3 is 2.07 bits per heavy atom. The van der Waals surface area contributed by atoms with E-state index in [2.05, 4.69) is 9.97 Å². The van der Waals surface area contributed by atoms with E-state index in [1.807, 2.05) is 6.07 Å². The molecule has 1 aromatic carbocycles. The van der Waals surface area contributed by atoms with Crippen molar-refractivity contribution in [2.75, 3.05) is 0 Å². The molecule has 2 N–H and O–H groups in total. The van der Waals surface area contributed by atoms with Gasteiger partial charge in [-0.1, -0.05) is 12.1 Å². The molecule has 0 amide bonds. The number of ether oxygens (including phenoxy) is 1. The van der Waals surface area contributed by atoms with Gasteiger partial charge in [0.05, 0.1) is 29.0 Å². The highest BCUT2D eigenvalue weighted by Crippen LogP contribution is 2.20. The lowest BCUT2D eigenvalue weighted by Crippen LogP contribution is -2.14. The minimum atomic E-state index is -3.55. The van der Waals surface area contributed by atoms with Crippen molar-refractivity contribution in [2.45, 2.75) is 5.75 Å². The number of nitriles is 2. The number of hydrogen-bond acceptors (Lipinski definition) is 7. The van der Waals surface area contributed by atoms with Crippen LogP contribution in [-0.2, 0) is 15.8 Å². The molecule has 0 radical (unpaired) electrons. The highest BCUT2D eigenvalue weighted by molar-refractivity contribution is 7.88. The lowest BCUT2D eigenvalue weighted by atomic mass is 10.2. The molecule has 3 rings (SSSR count). The molecule has 0 bridgehead atoms. The van der Waals surface area contributed by atoms with Gasteiger partial charge in [0.15, 0.2) is 0 Å². The molecule has 2 aromatic heterocycles. The van der Waals surface area contributed by atoms with Crippen molar-refractivity contribution in [3.63, 3.8) is 0 Å².